The molecule has 2 aliphatic carbocycles. The van der Waals surface area contributed by atoms with Gasteiger partial charge in [0.1, 0.15) is 0 Å². The number of nitrogens with one attached hydrogen (secondary N) is 1. The summed E-state index contributed by atoms with van der Waals surface area (Å²) in [7, 11) is 0. The van der Waals surface area contributed by atoms with Crippen molar-refractivity contribution in [3.63, 3.8) is 0 Å². The summed E-state index contributed by atoms with van der Waals surface area (Å²) >= 11 is 0. The Morgan fingerprint density at radius 3 is 2.47 bits per heavy atom. The van der Waals surface area contributed by atoms with Crippen LogP contribution in [0, 0.1) is 35.5 Å². The molecule has 1 amide bonds. The molecule has 2 unspecified atom stereocenters. The third-order valence-corrected chi connectivity index (χ3v) is 4.24. The van der Waals surface area contributed by atoms with Crippen LogP contribution in [0.4, 0.5) is 4.79 Å². The molecule has 2 aliphatic rings. The van der Waals surface area contributed by atoms with E-state index in [0.717, 1.165) is 31.1 Å². The van der Waals surface area contributed by atoms with Gasteiger partial charge in [-0.25, -0.2) is 4.79 Å². The number of hydrogen-bond donors (Lipinski definition) is 1. The maximum absolute atomic E-state index is 11.5. The molecule has 0 bridgehead atoms. The molecule has 0 saturated heterocycles. The van der Waals surface area contributed by atoms with Gasteiger partial charge in [0.15, 0.2) is 0 Å². The fraction of sp³-hybridized carbons (Fsp3) is 0.812. The highest BCUT2D eigenvalue weighted by molar-refractivity contribution is 5.67. The molecule has 0 spiro atoms. The van der Waals surface area contributed by atoms with Crippen LogP contribution in [-0.4, -0.2) is 19.2 Å². The minimum Gasteiger partial charge on any atom is -0.449 e. The van der Waals surface area contributed by atoms with Crippen molar-refractivity contribution in [2.24, 2.45) is 23.7 Å². The zero-order valence-electron chi connectivity index (χ0n) is 12.1. The largest absolute Gasteiger partial charge is 0.449 e. The summed E-state index contributed by atoms with van der Waals surface area (Å²) in [6.45, 7) is 5.59. The minimum absolute atomic E-state index is 0.254. The minimum atomic E-state index is -0.254. The number of alkyl carbamates (subject to hydrolysis) is 1. The number of ether oxygens (including phenoxy) is 1. The third kappa shape index (κ3) is 4.45. The zero-order chi connectivity index (χ0) is 13.7. The predicted octanol–water partition coefficient (Wildman–Crippen LogP) is 3.20. The first-order valence-electron chi connectivity index (χ1n) is 7.55. The van der Waals surface area contributed by atoms with Crippen molar-refractivity contribution in [1.29, 1.82) is 0 Å². The lowest BCUT2D eigenvalue weighted by molar-refractivity contribution is 0.137. The molecule has 3 nitrogen and oxygen atoms in total. The monoisotopic (exact) mass is 263 g/mol. The number of rotatable bonds is 5. The lowest BCUT2D eigenvalue weighted by Gasteiger charge is -2.08. The fourth-order valence-corrected chi connectivity index (χ4v) is 2.97. The molecular formula is C16H25NO2. The maximum Gasteiger partial charge on any atom is 0.407 e. The first kappa shape index (κ1) is 14.2. The van der Waals surface area contributed by atoms with Gasteiger partial charge in [0.25, 0.3) is 0 Å². The van der Waals surface area contributed by atoms with Gasteiger partial charge in [0, 0.05) is 19.4 Å². The summed E-state index contributed by atoms with van der Waals surface area (Å²) in [4.78, 5) is 11.5. The van der Waals surface area contributed by atoms with Crippen LogP contribution >= 0.6 is 0 Å². The van der Waals surface area contributed by atoms with E-state index in [4.69, 9.17) is 4.74 Å². The number of hydrogen-bond acceptors (Lipinski definition) is 2. The highest BCUT2D eigenvalue weighted by atomic mass is 16.5. The van der Waals surface area contributed by atoms with E-state index in [-0.39, 0.29) is 6.09 Å². The van der Waals surface area contributed by atoms with E-state index in [2.05, 4.69) is 31.0 Å². The van der Waals surface area contributed by atoms with Gasteiger partial charge in [-0.15, -0.1) is 11.8 Å². The first-order chi connectivity index (χ1) is 9.18. The molecule has 19 heavy (non-hydrogen) atoms. The Hall–Kier alpha value is -1.17. The SMILES string of the molecule is CC(C)CCNC(=O)OCC1C2CCC#CCCC21. The molecule has 1 saturated carbocycles. The van der Waals surface area contributed by atoms with E-state index in [1.54, 1.807) is 0 Å². The lowest BCUT2D eigenvalue weighted by Crippen LogP contribution is -2.27. The summed E-state index contributed by atoms with van der Waals surface area (Å²) in [5, 5.41) is 2.82. The van der Waals surface area contributed by atoms with E-state index < -0.39 is 0 Å². The van der Waals surface area contributed by atoms with Gasteiger partial charge in [-0.1, -0.05) is 13.8 Å². The molecule has 2 atom stereocenters. The van der Waals surface area contributed by atoms with E-state index in [9.17, 15) is 4.79 Å². The highest BCUT2D eigenvalue weighted by Crippen LogP contribution is 2.52. The number of fused-ring (bicyclic) bond motifs is 1. The molecule has 0 aliphatic heterocycles. The molecule has 0 heterocycles. The van der Waals surface area contributed by atoms with Crippen molar-refractivity contribution in [2.75, 3.05) is 13.2 Å². The average Bonchev–Trinajstić information content (AvgIpc) is 2.96. The van der Waals surface area contributed by atoms with Gasteiger partial charge in [-0.05, 0) is 42.9 Å². The molecule has 1 N–H and O–H groups in total. The average molecular weight is 263 g/mol. The van der Waals surface area contributed by atoms with E-state index in [1.807, 2.05) is 0 Å². The van der Waals surface area contributed by atoms with Gasteiger partial charge >= 0.3 is 6.09 Å². The van der Waals surface area contributed by atoms with Crippen LogP contribution in [0.5, 0.6) is 0 Å². The van der Waals surface area contributed by atoms with E-state index in [1.165, 1.54) is 12.8 Å². The molecule has 0 aromatic heterocycles. The summed E-state index contributed by atoms with van der Waals surface area (Å²) in [6, 6.07) is 0. The highest BCUT2D eigenvalue weighted by Gasteiger charge is 2.49. The maximum atomic E-state index is 11.5. The Bertz CT molecular complexity index is 349. The fourth-order valence-electron chi connectivity index (χ4n) is 2.97. The molecule has 1 fully saturated rings. The molecule has 2 rings (SSSR count). The number of amides is 1. The summed E-state index contributed by atoms with van der Waals surface area (Å²) < 4.78 is 5.33. The van der Waals surface area contributed by atoms with Crippen LogP contribution in [0.3, 0.4) is 0 Å². The zero-order valence-corrected chi connectivity index (χ0v) is 12.1. The molecule has 0 aromatic carbocycles. The van der Waals surface area contributed by atoms with Crippen LogP contribution in [-0.2, 0) is 4.74 Å². The van der Waals surface area contributed by atoms with Crippen LogP contribution in [0.15, 0.2) is 0 Å². The third-order valence-electron chi connectivity index (χ3n) is 4.24. The first-order valence-corrected chi connectivity index (χ1v) is 7.55. The van der Waals surface area contributed by atoms with Crippen molar-refractivity contribution in [3.05, 3.63) is 0 Å². The van der Waals surface area contributed by atoms with E-state index >= 15 is 0 Å². The standard InChI is InChI=1S/C16H25NO2/c1-12(2)9-10-17-16(18)19-11-15-13-7-5-3-4-6-8-14(13)15/h12-15H,5-11H2,1-2H3,(H,17,18). The molecule has 0 radical (unpaired) electrons. The Morgan fingerprint density at radius 1 is 1.26 bits per heavy atom. The van der Waals surface area contributed by atoms with Gasteiger partial charge in [-0.3, -0.25) is 0 Å². The van der Waals surface area contributed by atoms with Crippen LogP contribution in [0.2, 0.25) is 0 Å². The second kappa shape index (κ2) is 6.84. The van der Waals surface area contributed by atoms with Crippen molar-refractivity contribution >= 4 is 6.09 Å². The second-order valence-electron chi connectivity index (χ2n) is 6.13. The van der Waals surface area contributed by atoms with Crippen molar-refractivity contribution < 1.29 is 9.53 Å². The molecule has 3 heteroatoms. The van der Waals surface area contributed by atoms with Gasteiger partial charge < -0.3 is 10.1 Å². The van der Waals surface area contributed by atoms with E-state index in [0.29, 0.717) is 25.0 Å². The molecule has 0 aromatic rings. The number of carbonyl (C=O) groups is 1. The summed E-state index contributed by atoms with van der Waals surface area (Å²) in [6.07, 6.45) is 5.13. The summed E-state index contributed by atoms with van der Waals surface area (Å²) in [5.74, 6) is 9.08. The van der Waals surface area contributed by atoms with Crippen LogP contribution in [0.25, 0.3) is 0 Å². The van der Waals surface area contributed by atoms with Crippen molar-refractivity contribution in [3.8, 4) is 11.8 Å². The topological polar surface area (TPSA) is 38.3 Å². The Labute approximate surface area is 116 Å². The Kier molecular flexibility index (Phi) is 5.13. The lowest BCUT2D eigenvalue weighted by atomic mass is 10.1. The predicted molar refractivity (Wildman–Crippen MR) is 75.5 cm³/mol. The molecular weight excluding hydrogens is 238 g/mol. The molecule has 106 valence electrons. The van der Waals surface area contributed by atoms with Crippen LogP contribution < -0.4 is 5.32 Å². The Morgan fingerprint density at radius 2 is 1.89 bits per heavy atom. The van der Waals surface area contributed by atoms with Crippen molar-refractivity contribution in [2.45, 2.75) is 46.0 Å². The number of carbonyl (C=O) groups excluding carboxylic acids is 1. The Balaban J connectivity index is 1.60. The van der Waals surface area contributed by atoms with Gasteiger partial charge in [0.2, 0.25) is 0 Å². The van der Waals surface area contributed by atoms with Gasteiger partial charge in [0.05, 0.1) is 6.61 Å². The quantitative estimate of drug-likeness (QED) is 0.774. The van der Waals surface area contributed by atoms with Gasteiger partial charge in [-0.2, -0.15) is 0 Å². The van der Waals surface area contributed by atoms with Crippen molar-refractivity contribution in [1.82, 2.24) is 5.32 Å². The normalized spacial score (nSPS) is 28.5. The van der Waals surface area contributed by atoms with Crippen LogP contribution in [0.1, 0.15) is 46.0 Å². The summed E-state index contributed by atoms with van der Waals surface area (Å²) in [5.41, 5.74) is 0. The smallest absolute Gasteiger partial charge is 0.407 e. The second-order valence-corrected chi connectivity index (χ2v) is 6.13.